The molecule has 8 aromatic rings. The highest BCUT2D eigenvalue weighted by atomic mass is 33.1. The molecule has 0 bridgehead atoms. The Labute approximate surface area is 791 Å². The van der Waals surface area contributed by atoms with E-state index in [0.29, 0.717) is 76.9 Å². The van der Waals surface area contributed by atoms with Crippen molar-refractivity contribution in [3.05, 3.63) is 176 Å². The van der Waals surface area contributed by atoms with Gasteiger partial charge in [-0.05, 0) is 135 Å². The van der Waals surface area contributed by atoms with Crippen LogP contribution < -0.4 is 98.5 Å². The Balaban J connectivity index is 0.735. The molecule has 0 spiro atoms. The van der Waals surface area contributed by atoms with Gasteiger partial charge in [-0.3, -0.25) is 62.9 Å². The van der Waals surface area contributed by atoms with Crippen LogP contribution in [0.1, 0.15) is 111 Å². The van der Waals surface area contributed by atoms with Crippen molar-refractivity contribution in [2.75, 3.05) is 123 Å². The number of carboxylic acids is 4. The number of nitrogens with two attached hydrogens (primary N) is 2. The number of guanidine groups is 1. The van der Waals surface area contributed by atoms with E-state index >= 15 is 0 Å². The van der Waals surface area contributed by atoms with Crippen molar-refractivity contribution in [3.63, 3.8) is 0 Å². The summed E-state index contributed by atoms with van der Waals surface area (Å²) in [5.74, 6) is -13.5. The number of aromatic amines is 1. The van der Waals surface area contributed by atoms with Gasteiger partial charge in [-0.2, -0.15) is 13.4 Å². The second-order valence-electron chi connectivity index (χ2n) is 32.8. The van der Waals surface area contributed by atoms with E-state index in [0.717, 1.165) is 22.0 Å². The number of aliphatic carboxylic acids is 4. The minimum absolute atomic E-state index is 0.0103. The normalized spacial score (nSPS) is 15.7. The maximum atomic E-state index is 14.7. The van der Waals surface area contributed by atoms with Crippen LogP contribution in [0.15, 0.2) is 126 Å². The van der Waals surface area contributed by atoms with Gasteiger partial charge in [0.1, 0.15) is 43.4 Å². The minimum Gasteiger partial charge on any atom is -0.493 e. The summed E-state index contributed by atoms with van der Waals surface area (Å²) in [6.45, 7) is 5.23. The Hall–Kier alpha value is -14.3. The van der Waals surface area contributed by atoms with Crippen LogP contribution >= 0.6 is 21.6 Å². The molecule has 12 rings (SSSR count). The van der Waals surface area contributed by atoms with Crippen molar-refractivity contribution in [2.24, 2.45) is 5.73 Å². The van der Waals surface area contributed by atoms with Gasteiger partial charge in [-0.1, -0.05) is 58.0 Å². The fourth-order valence-electron chi connectivity index (χ4n) is 15.8. The second-order valence-corrected chi connectivity index (χ2v) is 37.4. The van der Waals surface area contributed by atoms with Gasteiger partial charge >= 0.3 is 23.9 Å². The summed E-state index contributed by atoms with van der Waals surface area (Å²) in [6.07, 6.45) is -1.99. The van der Waals surface area contributed by atoms with Crippen molar-refractivity contribution in [1.29, 1.82) is 5.41 Å². The molecule has 0 fully saturated rings. The van der Waals surface area contributed by atoms with Crippen molar-refractivity contribution in [1.82, 2.24) is 51.8 Å². The highest BCUT2D eigenvalue weighted by Crippen LogP contribution is 2.46. The molecule has 0 aliphatic carbocycles. The molecule has 6 heterocycles. The molecule has 137 heavy (non-hydrogen) atoms. The number of carbonyl (C=O) groups is 11. The molecule has 2 aromatic heterocycles. The molecule has 4 aliphatic rings. The molecule has 20 N–H and O–H groups in total. The highest BCUT2D eigenvalue weighted by molar-refractivity contribution is 8.77. The lowest BCUT2D eigenvalue weighted by Gasteiger charge is -2.34. The summed E-state index contributed by atoms with van der Waals surface area (Å²) in [4.78, 5) is 182. The van der Waals surface area contributed by atoms with Crippen LogP contribution in [0.2, 0.25) is 0 Å². The molecular formula is C89H105N19O26S3. The average molecular weight is 1950 g/mol. The Kier molecular flexibility index (Phi) is 34.3. The van der Waals surface area contributed by atoms with Crippen LogP contribution in [-0.2, 0) is 95.3 Å². The number of nitrogens with one attached hydrogen (secondary N) is 11. The summed E-state index contributed by atoms with van der Waals surface area (Å²) in [5.41, 5.74) is 16.8. The molecule has 0 radical (unpaired) electrons. The van der Waals surface area contributed by atoms with Gasteiger partial charge in [0.25, 0.3) is 33.4 Å². The summed E-state index contributed by atoms with van der Waals surface area (Å²) in [5, 5.41) is 70.2. The molecule has 8 atom stereocenters. The monoisotopic (exact) mass is 1950 g/mol. The summed E-state index contributed by atoms with van der Waals surface area (Å²) < 4.78 is 78.6. The number of hydrogen-bond acceptors (Lipinski definition) is 32. The minimum atomic E-state index is -4.89. The van der Waals surface area contributed by atoms with Crippen molar-refractivity contribution >= 4 is 154 Å². The molecule has 6 aromatic carbocycles. The van der Waals surface area contributed by atoms with Gasteiger partial charge < -0.3 is 128 Å². The Morgan fingerprint density at radius 2 is 1.24 bits per heavy atom. The van der Waals surface area contributed by atoms with Crippen molar-refractivity contribution < 1.29 is 119 Å². The van der Waals surface area contributed by atoms with Gasteiger partial charge in [0.05, 0.1) is 113 Å². The largest absolute Gasteiger partial charge is 0.493 e. The number of amides is 7. The third-order valence-corrected chi connectivity index (χ3v) is 26.7. The number of nitrogen functional groups attached to an aromatic ring is 1. The quantitative estimate of drug-likeness (QED) is 0.00846. The van der Waals surface area contributed by atoms with Gasteiger partial charge in [-0.25, -0.2) is 19.6 Å². The van der Waals surface area contributed by atoms with Gasteiger partial charge in [0, 0.05) is 90.7 Å². The lowest BCUT2D eigenvalue weighted by atomic mass is 10.1. The third-order valence-electron chi connectivity index (χ3n) is 22.3. The number of para-hydroxylation sites is 2. The number of aromatic nitrogens is 4. The lowest BCUT2D eigenvalue weighted by molar-refractivity contribution is -0.143. The summed E-state index contributed by atoms with van der Waals surface area (Å²) in [7, 11) is 1.68. The number of fused-ring (bicyclic) bond motifs is 9. The molecule has 48 heteroatoms. The van der Waals surface area contributed by atoms with Crippen LogP contribution in [0.5, 0.6) is 23.0 Å². The van der Waals surface area contributed by atoms with E-state index in [1.54, 1.807) is 41.3 Å². The van der Waals surface area contributed by atoms with E-state index in [-0.39, 0.29) is 141 Å². The number of carbonyl (C=O) groups excluding carboxylic acids is 7. The standard InChI is InChI=1S/C89H105N19O26S3/c1-89(2,136-135-45-64(86(123)124)102-80(117)63(39-74(112)113)101-78(115)58(13-10-22-93-87(90)91)99-79(116)62(38-73(110)111)98-72(109)21-20-59(85(121)122)100-77(114)49-16-18-52(19-17-49)94-40-53-41-96-76-75(97-53)81(118)105-88(92)104-76)46-106(23-24-131-27-28-132-26-25-128-3)54-30-47(43-133-70-36-60-56(34-68(70)129-4)83(119)107-55(42-95-60)32-50-11-6-8-14-65(50)107)29-48(31-54)44-134-71-37-61-57(35-69(71)130-5)84(120)108-66-15-9-7-12-51(66)33-67(108)82(103-61)137(125,126)127/h6-9,11-12,14-19,29-31,34-37,41,55,58-59,62-64,67,82,94-95,103H,10,13,20-28,32-33,38-40,42-46H2,1-5H3,(H,98,109)(H,99,116)(H,100,114)(H,101,115)(H,102,117)(H,110,111)(H,112,113)(H,121,122)(H,123,124)(H4,90,91,93)(H,125,126,127)(H3,92,96,104,105,118)/t55-,58+,59+,62?,63+,64+,67-,82?/m0/s1. The SMILES string of the molecule is COCCOCCOCCN(CC(C)(C)SSC[C@@H](NC(=O)[C@@H](CC(=O)O)NC(=O)[C@@H](CCCNC(=N)N)NC(=O)C(CC(=O)O)NC(=O)CC[C@@H](NC(=O)c1ccc(NCc2cnc3nc(N)[nH]c(=O)c3n2)cc1)C(=O)O)C(=O)O)c1cc(COc2cc3c(cc2OC)C(=O)N2c4ccccc4C[C@H]2CN3)cc(COc2cc3c(cc2OC)C(=O)N2c4ccccc4C[C@H]2C(S(=O)(=O)O)N3)c1. The molecule has 0 saturated heterocycles. The number of H-pyrrole nitrogens is 1. The predicted molar refractivity (Wildman–Crippen MR) is 503 cm³/mol. The first kappa shape index (κ1) is 102. The smallest absolute Gasteiger partial charge is 0.327 e. The maximum absolute atomic E-state index is 14.7. The number of rotatable bonds is 50. The fourth-order valence-corrected chi connectivity index (χ4v) is 19.4. The number of benzene rings is 6. The van der Waals surface area contributed by atoms with Crippen molar-refractivity contribution in [2.45, 2.75) is 137 Å². The molecule has 2 unspecified atom stereocenters. The Bertz CT molecular complexity index is 6040. The lowest BCUT2D eigenvalue weighted by Crippen LogP contribution is -2.58. The Morgan fingerprint density at radius 1 is 0.664 bits per heavy atom. The van der Waals surface area contributed by atoms with Crippen LogP contribution in [0.4, 0.5) is 40.1 Å². The number of nitrogens with zero attached hydrogens (tertiary/aromatic N) is 6. The summed E-state index contributed by atoms with van der Waals surface area (Å²) in [6, 6.07) is 21.5. The number of hydrogen-bond donors (Lipinski definition) is 18. The zero-order valence-electron chi connectivity index (χ0n) is 74.9. The highest BCUT2D eigenvalue weighted by Gasteiger charge is 2.48. The zero-order chi connectivity index (χ0) is 98.5. The number of methoxy groups -OCH3 is 3. The van der Waals surface area contributed by atoms with E-state index < -0.39 is 165 Å². The zero-order valence-corrected chi connectivity index (χ0v) is 77.3. The molecule has 7 amide bonds. The van der Waals surface area contributed by atoms with Crippen LogP contribution in [0.3, 0.4) is 0 Å². The van der Waals surface area contributed by atoms with Crippen LogP contribution in [0.25, 0.3) is 11.2 Å². The molecular weight excluding hydrogens is 1850 g/mol. The van der Waals surface area contributed by atoms with E-state index in [1.807, 2.05) is 61.2 Å². The van der Waals surface area contributed by atoms with Gasteiger partial charge in [0.15, 0.2) is 45.5 Å². The maximum Gasteiger partial charge on any atom is 0.327 e. The summed E-state index contributed by atoms with van der Waals surface area (Å²) >= 11 is 0. The fraction of sp³-hybridized carbons (Fsp3) is 0.393. The van der Waals surface area contributed by atoms with Gasteiger partial charge in [-0.15, -0.1) is 0 Å². The first-order valence-electron chi connectivity index (χ1n) is 43.1. The third kappa shape index (κ3) is 26.9. The molecule has 0 saturated carbocycles. The predicted octanol–water partition coefficient (Wildman–Crippen LogP) is 3.84. The number of ether oxygens (including phenoxy) is 7. The first-order chi connectivity index (χ1) is 65.4. The van der Waals surface area contributed by atoms with E-state index in [9.17, 15) is 90.9 Å². The second kappa shape index (κ2) is 46.3. The van der Waals surface area contributed by atoms with Crippen LogP contribution in [0, 0.1) is 5.41 Å². The molecule has 4 aliphatic heterocycles. The first-order valence-corrected chi connectivity index (χ1v) is 46.9. The van der Waals surface area contributed by atoms with Gasteiger partial charge in [0.2, 0.25) is 29.6 Å². The van der Waals surface area contributed by atoms with Crippen LogP contribution in [-0.4, -0.2) is 263 Å². The van der Waals surface area contributed by atoms with E-state index in [2.05, 4.69) is 67.8 Å². The van der Waals surface area contributed by atoms with E-state index in [1.165, 1.54) is 79.6 Å². The average Bonchev–Trinajstić information content (AvgIpc) is 1.58. The van der Waals surface area contributed by atoms with E-state index in [4.69, 9.17) is 50.0 Å². The molecule has 45 nitrogen and oxygen atoms in total. The number of anilines is 7. The van der Waals surface area contributed by atoms with Crippen molar-refractivity contribution in [3.8, 4) is 23.0 Å². The number of carboxylic acid groups (broad SMARTS) is 4. The molecule has 730 valence electrons. The Morgan fingerprint density at radius 3 is 1.86 bits per heavy atom. The topological polar surface area (TPSA) is 653 Å².